The molecule has 0 aromatic carbocycles. The number of hydrogen-bond donors (Lipinski definition) is 1. The lowest BCUT2D eigenvalue weighted by molar-refractivity contribution is 0.129. The van der Waals surface area contributed by atoms with Crippen LogP contribution >= 0.6 is 0 Å². The van der Waals surface area contributed by atoms with Gasteiger partial charge in [-0.05, 0) is 12.8 Å². The second-order valence-corrected chi connectivity index (χ2v) is 4.82. The highest BCUT2D eigenvalue weighted by atomic mass is 16.5. The normalized spacial score (nSPS) is 14.8. The van der Waals surface area contributed by atoms with Crippen molar-refractivity contribution in [3.63, 3.8) is 0 Å². The summed E-state index contributed by atoms with van der Waals surface area (Å²) in [5, 5.41) is 3.39. The van der Waals surface area contributed by atoms with Gasteiger partial charge in [-0.3, -0.25) is 0 Å². The lowest BCUT2D eigenvalue weighted by atomic mass is 10.2. The molecule has 0 amide bonds. The molecule has 1 aromatic rings. The van der Waals surface area contributed by atoms with Crippen LogP contribution < -0.4 is 5.32 Å². The average Bonchev–Trinajstić information content (AvgIpc) is 2.77. The molecular formula is C14H25N3O. The largest absolute Gasteiger partial charge is 0.381 e. The van der Waals surface area contributed by atoms with Gasteiger partial charge in [-0.25, -0.2) is 4.98 Å². The molecule has 0 fully saturated rings. The zero-order valence-corrected chi connectivity index (χ0v) is 11.7. The molecule has 2 heterocycles. The van der Waals surface area contributed by atoms with Crippen LogP contribution in [-0.4, -0.2) is 29.3 Å². The predicted molar refractivity (Wildman–Crippen MR) is 72.7 cm³/mol. The smallest absolute Gasteiger partial charge is 0.108 e. The van der Waals surface area contributed by atoms with E-state index < -0.39 is 0 Å². The van der Waals surface area contributed by atoms with Crippen molar-refractivity contribution in [2.24, 2.45) is 0 Å². The number of aromatic nitrogens is 2. The Morgan fingerprint density at radius 1 is 1.33 bits per heavy atom. The van der Waals surface area contributed by atoms with Crippen LogP contribution in [0.3, 0.4) is 0 Å². The van der Waals surface area contributed by atoms with Gasteiger partial charge in [0.15, 0.2) is 0 Å². The number of nitrogens with one attached hydrogen (secondary N) is 1. The molecule has 18 heavy (non-hydrogen) atoms. The van der Waals surface area contributed by atoms with Crippen molar-refractivity contribution < 1.29 is 4.74 Å². The number of nitrogens with zero attached hydrogens (tertiary/aromatic N) is 2. The summed E-state index contributed by atoms with van der Waals surface area (Å²) in [6.45, 7) is 9.14. The maximum Gasteiger partial charge on any atom is 0.108 e. The molecule has 1 N–H and O–H groups in total. The first kappa shape index (κ1) is 13.6. The van der Waals surface area contributed by atoms with Gasteiger partial charge in [0.2, 0.25) is 0 Å². The monoisotopic (exact) mass is 251 g/mol. The van der Waals surface area contributed by atoms with Gasteiger partial charge < -0.3 is 14.6 Å². The number of aryl methyl sites for hydroxylation is 1. The first-order valence-electron chi connectivity index (χ1n) is 7.22. The fourth-order valence-electron chi connectivity index (χ4n) is 2.53. The summed E-state index contributed by atoms with van der Waals surface area (Å²) in [5.41, 5.74) is 2.70. The van der Waals surface area contributed by atoms with E-state index in [0.717, 1.165) is 58.5 Å². The highest BCUT2D eigenvalue weighted by Gasteiger charge is 2.18. The fraction of sp³-hybridized carbons (Fsp3) is 0.786. The molecule has 0 atom stereocenters. The van der Waals surface area contributed by atoms with E-state index in [-0.39, 0.29) is 0 Å². The predicted octanol–water partition coefficient (Wildman–Crippen LogP) is 1.91. The summed E-state index contributed by atoms with van der Waals surface area (Å²) in [5.74, 6) is 1.24. The number of rotatable bonds is 7. The Kier molecular flexibility index (Phi) is 5.20. The molecule has 0 radical (unpaired) electrons. The second-order valence-electron chi connectivity index (χ2n) is 4.82. The summed E-state index contributed by atoms with van der Waals surface area (Å²) in [7, 11) is 0. The maximum atomic E-state index is 5.55. The number of imidazole rings is 1. The van der Waals surface area contributed by atoms with E-state index in [1.165, 1.54) is 17.2 Å². The van der Waals surface area contributed by atoms with Crippen molar-refractivity contribution in [1.82, 2.24) is 14.9 Å². The fourth-order valence-corrected chi connectivity index (χ4v) is 2.53. The van der Waals surface area contributed by atoms with Crippen LogP contribution in [0.2, 0.25) is 0 Å². The van der Waals surface area contributed by atoms with E-state index in [4.69, 9.17) is 9.72 Å². The molecule has 4 heteroatoms. The summed E-state index contributed by atoms with van der Waals surface area (Å²) in [4.78, 5) is 4.74. The summed E-state index contributed by atoms with van der Waals surface area (Å²) in [6.07, 6.45) is 4.32. The Morgan fingerprint density at radius 3 is 3.00 bits per heavy atom. The molecule has 0 unspecified atom stereocenters. The molecule has 0 saturated carbocycles. The molecule has 0 bridgehead atoms. The third-order valence-corrected chi connectivity index (χ3v) is 3.40. The summed E-state index contributed by atoms with van der Waals surface area (Å²) in [6, 6.07) is 0. The minimum absolute atomic E-state index is 0.863. The molecule has 4 nitrogen and oxygen atoms in total. The number of fused-ring (bicyclic) bond motifs is 1. The lowest BCUT2D eigenvalue weighted by Gasteiger charge is -2.16. The topological polar surface area (TPSA) is 39.1 Å². The molecular weight excluding hydrogens is 226 g/mol. The zero-order chi connectivity index (χ0) is 12.8. The average molecular weight is 251 g/mol. The Hall–Kier alpha value is -0.870. The van der Waals surface area contributed by atoms with Crippen LogP contribution in [0, 0.1) is 0 Å². The van der Waals surface area contributed by atoms with Gasteiger partial charge in [0.25, 0.3) is 0 Å². The van der Waals surface area contributed by atoms with Crippen LogP contribution in [0.1, 0.15) is 43.9 Å². The second kappa shape index (κ2) is 6.90. The van der Waals surface area contributed by atoms with E-state index in [0.29, 0.717) is 0 Å². The minimum atomic E-state index is 0.863. The van der Waals surface area contributed by atoms with Crippen molar-refractivity contribution in [3.8, 4) is 0 Å². The maximum absolute atomic E-state index is 5.55. The summed E-state index contributed by atoms with van der Waals surface area (Å²) >= 11 is 0. The third-order valence-electron chi connectivity index (χ3n) is 3.40. The van der Waals surface area contributed by atoms with E-state index in [1.807, 2.05) is 0 Å². The van der Waals surface area contributed by atoms with Crippen LogP contribution in [-0.2, 0) is 30.7 Å². The van der Waals surface area contributed by atoms with Gasteiger partial charge >= 0.3 is 0 Å². The highest BCUT2D eigenvalue weighted by Crippen LogP contribution is 2.17. The van der Waals surface area contributed by atoms with Crippen molar-refractivity contribution in [2.75, 3.05) is 19.8 Å². The third kappa shape index (κ3) is 3.12. The van der Waals surface area contributed by atoms with Crippen LogP contribution in [0.5, 0.6) is 0 Å². The summed E-state index contributed by atoms with van der Waals surface area (Å²) < 4.78 is 7.97. The van der Waals surface area contributed by atoms with Crippen LogP contribution in [0.15, 0.2) is 0 Å². The van der Waals surface area contributed by atoms with Crippen molar-refractivity contribution >= 4 is 0 Å². The first-order valence-corrected chi connectivity index (χ1v) is 7.22. The standard InChI is InChI=1S/C14H25N3O/c1-3-9-18-10-5-8-17-13-6-7-15-11-12(13)16-14(17)4-2/h15H,3-11H2,1-2H3. The Morgan fingerprint density at radius 2 is 2.22 bits per heavy atom. The molecule has 0 saturated heterocycles. The SMILES string of the molecule is CCCOCCCn1c(CC)nc2c1CCNC2. The van der Waals surface area contributed by atoms with E-state index in [2.05, 4.69) is 23.7 Å². The lowest BCUT2D eigenvalue weighted by Crippen LogP contribution is -2.25. The van der Waals surface area contributed by atoms with E-state index >= 15 is 0 Å². The van der Waals surface area contributed by atoms with Gasteiger partial charge in [-0.15, -0.1) is 0 Å². The molecule has 1 aliphatic rings. The van der Waals surface area contributed by atoms with Crippen LogP contribution in [0.25, 0.3) is 0 Å². The van der Waals surface area contributed by atoms with E-state index in [1.54, 1.807) is 0 Å². The van der Waals surface area contributed by atoms with Crippen molar-refractivity contribution in [2.45, 2.75) is 52.6 Å². The molecule has 1 aromatic heterocycles. The van der Waals surface area contributed by atoms with Gasteiger partial charge in [-0.2, -0.15) is 0 Å². The Bertz CT molecular complexity index is 373. The zero-order valence-electron chi connectivity index (χ0n) is 11.7. The Labute approximate surface area is 110 Å². The minimum Gasteiger partial charge on any atom is -0.381 e. The number of hydrogen-bond acceptors (Lipinski definition) is 3. The highest BCUT2D eigenvalue weighted by molar-refractivity contribution is 5.20. The van der Waals surface area contributed by atoms with E-state index in [9.17, 15) is 0 Å². The molecule has 1 aliphatic heterocycles. The first-order chi connectivity index (χ1) is 8.86. The van der Waals surface area contributed by atoms with Gasteiger partial charge in [0.1, 0.15) is 5.82 Å². The molecule has 2 rings (SSSR count). The molecule has 0 aliphatic carbocycles. The molecule has 0 spiro atoms. The van der Waals surface area contributed by atoms with Crippen LogP contribution in [0.4, 0.5) is 0 Å². The molecule has 102 valence electrons. The van der Waals surface area contributed by atoms with Gasteiger partial charge in [-0.1, -0.05) is 13.8 Å². The van der Waals surface area contributed by atoms with Crippen molar-refractivity contribution in [3.05, 3.63) is 17.2 Å². The number of ether oxygens (including phenoxy) is 1. The Balaban J connectivity index is 1.95. The van der Waals surface area contributed by atoms with Gasteiger partial charge in [0, 0.05) is 51.4 Å². The van der Waals surface area contributed by atoms with Gasteiger partial charge in [0.05, 0.1) is 5.69 Å². The quantitative estimate of drug-likeness (QED) is 0.752. The van der Waals surface area contributed by atoms with Crippen molar-refractivity contribution in [1.29, 1.82) is 0 Å².